The molecule has 2 fully saturated rings. The van der Waals surface area contributed by atoms with Crippen LogP contribution in [0.25, 0.3) is 0 Å². The molecule has 2 aliphatic rings. The Morgan fingerprint density at radius 2 is 2.00 bits per heavy atom. The first kappa shape index (κ1) is 10.5. The molecule has 0 aromatic carbocycles. The topological polar surface area (TPSA) is 49.8 Å². The lowest BCUT2D eigenvalue weighted by Gasteiger charge is -2.24. The first-order chi connectivity index (χ1) is 6.77. The van der Waals surface area contributed by atoms with Crippen LogP contribution in [0.4, 0.5) is 0 Å². The van der Waals surface area contributed by atoms with Crippen molar-refractivity contribution in [1.29, 1.82) is 0 Å². The van der Waals surface area contributed by atoms with Gasteiger partial charge in [0.25, 0.3) is 0 Å². The predicted octanol–water partition coefficient (Wildman–Crippen LogP) is 0.591. The molecule has 1 aliphatic carbocycles. The van der Waals surface area contributed by atoms with Gasteiger partial charge in [-0.25, -0.2) is 4.21 Å². The molecule has 0 spiro atoms. The minimum Gasteiger partial charge on any atom is -0.389 e. The maximum absolute atomic E-state index is 11.9. The van der Waals surface area contributed by atoms with Crippen molar-refractivity contribution in [2.75, 3.05) is 13.2 Å². The fraction of sp³-hybridized carbons (Fsp3) is 1.00. The molecule has 0 bridgehead atoms. The lowest BCUT2D eigenvalue weighted by Crippen LogP contribution is -2.32. The van der Waals surface area contributed by atoms with Crippen molar-refractivity contribution < 1.29 is 14.2 Å². The third-order valence-corrected chi connectivity index (χ3v) is 4.51. The van der Waals surface area contributed by atoms with Crippen LogP contribution in [0.2, 0.25) is 0 Å². The largest absolute Gasteiger partial charge is 0.389 e. The summed E-state index contributed by atoms with van der Waals surface area (Å²) in [6, 6.07) is 0. The Balaban J connectivity index is 1.87. The summed E-state index contributed by atoms with van der Waals surface area (Å²) in [5.41, 5.74) is 0. The smallest absolute Gasteiger partial charge is 0.121 e. The molecule has 1 saturated carbocycles. The summed E-state index contributed by atoms with van der Waals surface area (Å²) in [6.45, 7) is 0.682. The zero-order valence-corrected chi connectivity index (χ0v) is 9.04. The first-order valence-corrected chi connectivity index (χ1v) is 6.43. The number of hydroxylamine groups is 1. The molecule has 5 heteroatoms. The van der Waals surface area contributed by atoms with Crippen LogP contribution in [0.1, 0.15) is 32.1 Å². The van der Waals surface area contributed by atoms with E-state index in [9.17, 15) is 9.32 Å². The number of β-amino-alcohol motifs (C(OH)–C–C–N with tert-alkyl or cyclic N) is 1. The zero-order chi connectivity index (χ0) is 9.97. The predicted molar refractivity (Wildman–Crippen MR) is 53.7 cm³/mol. The van der Waals surface area contributed by atoms with E-state index < -0.39 is 17.1 Å². The minimum absolute atomic E-state index is 0.244. The van der Waals surface area contributed by atoms with Crippen molar-refractivity contribution >= 4 is 11.0 Å². The van der Waals surface area contributed by atoms with Gasteiger partial charge in [-0.2, -0.15) is 0 Å². The van der Waals surface area contributed by atoms with Crippen molar-refractivity contribution in [2.45, 2.75) is 43.5 Å². The number of aliphatic hydroxyl groups excluding tert-OH is 1. The molecule has 82 valence electrons. The molecular weight excluding hydrogens is 202 g/mol. The van der Waals surface area contributed by atoms with Crippen molar-refractivity contribution in [3.05, 3.63) is 0 Å². The Hall–Kier alpha value is 0.0300. The van der Waals surface area contributed by atoms with Crippen LogP contribution < -0.4 is 0 Å². The number of hydrogen-bond donors (Lipinski definition) is 1. The molecule has 14 heavy (non-hydrogen) atoms. The van der Waals surface area contributed by atoms with Gasteiger partial charge in [0, 0.05) is 0 Å². The molecule has 1 aliphatic heterocycles. The van der Waals surface area contributed by atoms with Crippen molar-refractivity contribution in [2.24, 2.45) is 0 Å². The Morgan fingerprint density at radius 3 is 2.57 bits per heavy atom. The van der Waals surface area contributed by atoms with E-state index in [2.05, 4.69) is 0 Å². The van der Waals surface area contributed by atoms with E-state index in [0.29, 0.717) is 13.2 Å². The van der Waals surface area contributed by atoms with Crippen LogP contribution in [0.3, 0.4) is 0 Å². The molecule has 4 nitrogen and oxygen atoms in total. The Labute approximate surface area is 86.8 Å². The third kappa shape index (κ3) is 2.34. The van der Waals surface area contributed by atoms with Crippen molar-refractivity contribution in [3.8, 4) is 0 Å². The van der Waals surface area contributed by atoms with Gasteiger partial charge in [0.05, 0.1) is 24.5 Å². The summed E-state index contributed by atoms with van der Waals surface area (Å²) >= 11 is 0. The van der Waals surface area contributed by atoms with Crippen molar-refractivity contribution in [1.82, 2.24) is 4.47 Å². The molecule has 0 radical (unpaired) electrons. The molecule has 0 aromatic rings. The van der Waals surface area contributed by atoms with Gasteiger partial charge in [-0.3, -0.25) is 4.84 Å². The van der Waals surface area contributed by atoms with Crippen LogP contribution in [-0.2, 0) is 15.8 Å². The highest BCUT2D eigenvalue weighted by molar-refractivity contribution is 7.83. The Bertz CT molecular complexity index is 211. The van der Waals surface area contributed by atoms with Gasteiger partial charge >= 0.3 is 0 Å². The molecule has 1 unspecified atom stereocenters. The SMILES string of the molecule is O=S(C1CCCCC1)N1C[C@H](O)CO1. The quantitative estimate of drug-likeness (QED) is 0.739. The zero-order valence-electron chi connectivity index (χ0n) is 8.22. The highest BCUT2D eigenvalue weighted by atomic mass is 32.2. The highest BCUT2D eigenvalue weighted by Gasteiger charge is 2.31. The van der Waals surface area contributed by atoms with Crippen LogP contribution in [-0.4, -0.2) is 38.3 Å². The average molecular weight is 219 g/mol. The number of hydrogen-bond acceptors (Lipinski definition) is 3. The van der Waals surface area contributed by atoms with Gasteiger partial charge < -0.3 is 5.11 Å². The second-order valence-electron chi connectivity index (χ2n) is 4.00. The Morgan fingerprint density at radius 1 is 1.29 bits per heavy atom. The summed E-state index contributed by atoms with van der Waals surface area (Å²) in [7, 11) is -1.05. The van der Waals surface area contributed by atoms with E-state index in [4.69, 9.17) is 4.84 Å². The summed E-state index contributed by atoms with van der Waals surface area (Å²) in [6.07, 6.45) is 5.20. The van der Waals surface area contributed by atoms with Gasteiger partial charge in [-0.15, -0.1) is 4.47 Å². The second-order valence-corrected chi connectivity index (χ2v) is 5.63. The summed E-state index contributed by atoms with van der Waals surface area (Å²) in [5, 5.41) is 9.49. The second kappa shape index (κ2) is 4.70. The highest BCUT2D eigenvalue weighted by Crippen LogP contribution is 2.25. The van der Waals surface area contributed by atoms with Gasteiger partial charge in [0.1, 0.15) is 11.0 Å². The van der Waals surface area contributed by atoms with Gasteiger partial charge in [0.2, 0.25) is 0 Å². The molecule has 0 amide bonds. The molecule has 1 N–H and O–H groups in total. The summed E-state index contributed by atoms with van der Waals surface area (Å²) in [5.74, 6) is 0. The van der Waals surface area contributed by atoms with Crippen LogP contribution >= 0.6 is 0 Å². The maximum Gasteiger partial charge on any atom is 0.121 e. The fourth-order valence-electron chi connectivity index (χ4n) is 2.01. The number of rotatable bonds is 2. The maximum atomic E-state index is 11.9. The third-order valence-electron chi connectivity index (χ3n) is 2.81. The molecular formula is C9H17NO3S. The first-order valence-electron chi connectivity index (χ1n) is 5.26. The fourth-order valence-corrected chi connectivity index (χ4v) is 3.56. The van der Waals surface area contributed by atoms with Gasteiger partial charge in [-0.1, -0.05) is 19.3 Å². The van der Waals surface area contributed by atoms with E-state index in [-0.39, 0.29) is 5.25 Å². The minimum atomic E-state index is -1.05. The number of aliphatic hydroxyl groups is 1. The van der Waals surface area contributed by atoms with Gasteiger partial charge in [0.15, 0.2) is 0 Å². The van der Waals surface area contributed by atoms with E-state index in [1.165, 1.54) is 23.7 Å². The molecule has 1 heterocycles. The van der Waals surface area contributed by atoms with Crippen LogP contribution in [0, 0.1) is 0 Å². The summed E-state index contributed by atoms with van der Waals surface area (Å²) < 4.78 is 13.4. The van der Waals surface area contributed by atoms with Crippen molar-refractivity contribution in [3.63, 3.8) is 0 Å². The molecule has 2 rings (SSSR count). The van der Waals surface area contributed by atoms with Crippen LogP contribution in [0.15, 0.2) is 0 Å². The Kier molecular flexibility index (Phi) is 3.54. The molecule has 2 atom stereocenters. The lowest BCUT2D eigenvalue weighted by atomic mass is 10.0. The standard InChI is InChI=1S/C9H17NO3S/c11-8-6-10(13-7-8)14(12)9-4-2-1-3-5-9/h8-9,11H,1-7H2/t8-,14?/m0/s1. The van der Waals surface area contributed by atoms with Crippen LogP contribution in [0.5, 0.6) is 0 Å². The number of nitrogens with zero attached hydrogens (tertiary/aromatic N) is 1. The normalized spacial score (nSPS) is 33.4. The van der Waals surface area contributed by atoms with E-state index in [1.807, 2.05) is 0 Å². The molecule has 0 aromatic heterocycles. The van der Waals surface area contributed by atoms with Gasteiger partial charge in [-0.05, 0) is 12.8 Å². The van der Waals surface area contributed by atoms with E-state index in [0.717, 1.165) is 12.8 Å². The lowest BCUT2D eigenvalue weighted by molar-refractivity contribution is -0.0278. The summed E-state index contributed by atoms with van der Waals surface area (Å²) in [4.78, 5) is 5.16. The average Bonchev–Trinajstić information content (AvgIpc) is 2.65. The van der Waals surface area contributed by atoms with E-state index >= 15 is 0 Å². The van der Waals surface area contributed by atoms with E-state index in [1.54, 1.807) is 0 Å². The monoisotopic (exact) mass is 219 g/mol. The molecule has 1 saturated heterocycles.